The van der Waals surface area contributed by atoms with Crippen molar-refractivity contribution in [3.8, 4) is 0 Å². The molecule has 1 fully saturated rings. The summed E-state index contributed by atoms with van der Waals surface area (Å²) in [5.74, 6) is 0.365. The zero-order valence-electron chi connectivity index (χ0n) is 24.8. The Labute approximate surface area is 241 Å². The standard InChI is InChI=1S/C34H44N2O3Si/c1-25(2)31-32(27-17-10-7-11-18-27)26(3)36(37)38-33(31)35-24-16-23-30(35)34(39-40(4,5)6,28-19-12-8-13-20-28)29-21-14-9-15-22-29/h7-15,17-22,25,30-33H,16,23-24H2,1-6H3/t30-,31+,32+,33+/m0/s1. The highest BCUT2D eigenvalue weighted by molar-refractivity contribution is 6.69. The molecule has 4 atom stereocenters. The molecule has 0 N–H and O–H groups in total. The molecular formula is C34H44N2O3Si. The molecule has 1 saturated heterocycles. The molecule has 5 nitrogen and oxygen atoms in total. The summed E-state index contributed by atoms with van der Waals surface area (Å²) >= 11 is 0. The smallest absolute Gasteiger partial charge is 0.226 e. The van der Waals surface area contributed by atoms with Crippen LogP contribution in [0.25, 0.3) is 0 Å². The van der Waals surface area contributed by atoms with Crippen molar-refractivity contribution < 1.29 is 14.2 Å². The Morgan fingerprint density at radius 1 is 0.900 bits per heavy atom. The Morgan fingerprint density at radius 2 is 1.43 bits per heavy atom. The molecule has 2 aliphatic heterocycles. The van der Waals surface area contributed by atoms with Crippen LogP contribution in [0.2, 0.25) is 19.6 Å². The molecule has 0 saturated carbocycles. The molecule has 2 aliphatic rings. The van der Waals surface area contributed by atoms with Gasteiger partial charge < -0.3 is 9.26 Å². The predicted octanol–water partition coefficient (Wildman–Crippen LogP) is 7.54. The fraction of sp³-hybridized carbons (Fsp3) is 0.441. The van der Waals surface area contributed by atoms with Gasteiger partial charge in [0.25, 0.3) is 0 Å². The average molecular weight is 557 g/mol. The van der Waals surface area contributed by atoms with E-state index in [0.29, 0.717) is 11.6 Å². The maximum atomic E-state index is 13.4. The van der Waals surface area contributed by atoms with Gasteiger partial charge in [0.1, 0.15) is 11.8 Å². The second-order valence-corrected chi connectivity index (χ2v) is 17.1. The first-order valence-electron chi connectivity index (χ1n) is 14.7. The summed E-state index contributed by atoms with van der Waals surface area (Å²) in [4.78, 5) is 9.62. The van der Waals surface area contributed by atoms with Crippen molar-refractivity contribution >= 4 is 14.0 Å². The molecule has 2 heterocycles. The Hall–Kier alpha value is -2.93. The van der Waals surface area contributed by atoms with Gasteiger partial charge in [0.15, 0.2) is 8.32 Å². The highest BCUT2D eigenvalue weighted by atomic mass is 28.4. The molecule has 5 rings (SSSR count). The van der Waals surface area contributed by atoms with Crippen molar-refractivity contribution in [2.45, 2.75) is 77.0 Å². The van der Waals surface area contributed by atoms with Gasteiger partial charge in [0.05, 0.1) is 5.92 Å². The summed E-state index contributed by atoms with van der Waals surface area (Å²) in [5.41, 5.74) is 3.49. The zero-order valence-corrected chi connectivity index (χ0v) is 25.8. The van der Waals surface area contributed by atoms with Crippen LogP contribution in [-0.4, -0.2) is 42.6 Å². The summed E-state index contributed by atoms with van der Waals surface area (Å²) in [7, 11) is -2.08. The van der Waals surface area contributed by atoms with Crippen molar-refractivity contribution in [1.82, 2.24) is 4.90 Å². The maximum Gasteiger partial charge on any atom is 0.226 e. The minimum Gasteiger partial charge on any atom is -0.403 e. The van der Waals surface area contributed by atoms with Crippen LogP contribution in [0.1, 0.15) is 56.2 Å². The summed E-state index contributed by atoms with van der Waals surface area (Å²) in [6, 6.07) is 31.8. The van der Waals surface area contributed by atoms with Crippen LogP contribution in [0.4, 0.5) is 0 Å². The first kappa shape index (κ1) is 28.6. The van der Waals surface area contributed by atoms with Crippen molar-refractivity contribution in [3.63, 3.8) is 0 Å². The number of rotatable bonds is 8. The lowest BCUT2D eigenvalue weighted by atomic mass is 9.73. The van der Waals surface area contributed by atoms with Crippen LogP contribution in [0, 0.1) is 17.0 Å². The van der Waals surface area contributed by atoms with E-state index in [9.17, 15) is 5.21 Å². The van der Waals surface area contributed by atoms with E-state index in [1.807, 2.05) is 13.0 Å². The van der Waals surface area contributed by atoms with Gasteiger partial charge in [-0.15, -0.1) is 0 Å². The molecule has 0 bridgehead atoms. The second-order valence-electron chi connectivity index (χ2n) is 12.7. The lowest BCUT2D eigenvalue weighted by molar-refractivity contribution is -0.769. The molecule has 6 heteroatoms. The van der Waals surface area contributed by atoms with Gasteiger partial charge in [0, 0.05) is 23.8 Å². The monoisotopic (exact) mass is 556 g/mol. The Bertz CT molecular complexity index is 1250. The van der Waals surface area contributed by atoms with Crippen molar-refractivity contribution in [2.75, 3.05) is 6.54 Å². The molecule has 0 radical (unpaired) electrons. The number of nitrogens with zero attached hydrogens (tertiary/aromatic N) is 2. The van der Waals surface area contributed by atoms with Gasteiger partial charge in [-0.2, -0.15) is 0 Å². The van der Waals surface area contributed by atoms with Crippen LogP contribution in [0.15, 0.2) is 91.0 Å². The lowest BCUT2D eigenvalue weighted by Crippen LogP contribution is -2.60. The van der Waals surface area contributed by atoms with E-state index in [1.165, 1.54) is 5.56 Å². The van der Waals surface area contributed by atoms with E-state index in [0.717, 1.165) is 35.4 Å². The van der Waals surface area contributed by atoms with E-state index < -0.39 is 13.9 Å². The fourth-order valence-corrected chi connectivity index (χ4v) is 8.39. The first-order chi connectivity index (χ1) is 19.1. The number of benzene rings is 3. The molecule has 3 aromatic carbocycles. The fourth-order valence-electron chi connectivity index (χ4n) is 7.05. The third kappa shape index (κ3) is 5.37. The third-order valence-corrected chi connectivity index (χ3v) is 9.48. The SMILES string of the molecule is CC1=[N+]([O-])O[C@@H](N2CCC[C@H]2C(O[Si](C)(C)C)(c2ccccc2)c2ccccc2)[C@H](C(C)C)[C@H]1c1ccccc1. The van der Waals surface area contributed by atoms with Crippen molar-refractivity contribution in [2.24, 2.45) is 11.8 Å². The van der Waals surface area contributed by atoms with Gasteiger partial charge in [0.2, 0.25) is 5.71 Å². The van der Waals surface area contributed by atoms with Gasteiger partial charge in [-0.3, -0.25) is 10.1 Å². The molecule has 0 aromatic heterocycles. The average Bonchev–Trinajstić information content (AvgIpc) is 3.44. The molecular weight excluding hydrogens is 512 g/mol. The summed E-state index contributed by atoms with van der Waals surface area (Å²) in [5, 5.41) is 13.4. The van der Waals surface area contributed by atoms with Gasteiger partial charge in [-0.25, -0.2) is 0 Å². The zero-order chi connectivity index (χ0) is 28.5. The minimum atomic E-state index is -2.08. The molecule has 0 amide bonds. The largest absolute Gasteiger partial charge is 0.403 e. The number of hydrogen-bond acceptors (Lipinski definition) is 4. The van der Waals surface area contributed by atoms with Gasteiger partial charge in [-0.05, 0) is 61.6 Å². The quantitative estimate of drug-likeness (QED) is 0.212. The van der Waals surface area contributed by atoms with Crippen molar-refractivity contribution in [1.29, 1.82) is 0 Å². The Balaban J connectivity index is 1.68. The molecule has 0 aliphatic carbocycles. The molecule has 212 valence electrons. The Kier molecular flexibility index (Phi) is 8.23. The van der Waals surface area contributed by atoms with Crippen molar-refractivity contribution in [3.05, 3.63) is 113 Å². The maximum absolute atomic E-state index is 13.4. The molecule has 40 heavy (non-hydrogen) atoms. The first-order valence-corrected chi connectivity index (χ1v) is 18.1. The van der Waals surface area contributed by atoms with Crippen LogP contribution >= 0.6 is 0 Å². The van der Waals surface area contributed by atoms with Crippen LogP contribution in [0.5, 0.6) is 0 Å². The number of likely N-dealkylation sites (tertiary alicyclic amines) is 1. The van der Waals surface area contributed by atoms with E-state index in [-0.39, 0.29) is 24.1 Å². The predicted molar refractivity (Wildman–Crippen MR) is 165 cm³/mol. The number of hydrogen-bond donors (Lipinski definition) is 0. The lowest BCUT2D eigenvalue weighted by Gasteiger charge is -2.52. The molecule has 3 aromatic rings. The molecule has 0 unspecified atom stereocenters. The van der Waals surface area contributed by atoms with E-state index in [1.54, 1.807) is 0 Å². The van der Waals surface area contributed by atoms with E-state index >= 15 is 0 Å². The normalized spacial score (nSPS) is 24.4. The summed E-state index contributed by atoms with van der Waals surface area (Å²) in [6.07, 6.45) is 1.59. The van der Waals surface area contributed by atoms with Crippen LogP contribution in [-0.2, 0) is 14.9 Å². The highest BCUT2D eigenvalue weighted by Crippen LogP contribution is 2.49. The topological polar surface area (TPSA) is 47.8 Å². The van der Waals surface area contributed by atoms with Crippen LogP contribution < -0.4 is 0 Å². The highest BCUT2D eigenvalue weighted by Gasteiger charge is 2.54. The summed E-state index contributed by atoms with van der Waals surface area (Å²) < 4.78 is 7.40. The minimum absolute atomic E-state index is 0.00138. The van der Waals surface area contributed by atoms with Gasteiger partial charge in [-0.1, -0.05) is 105 Å². The molecule has 0 spiro atoms. The third-order valence-electron chi connectivity index (χ3n) is 8.55. The van der Waals surface area contributed by atoms with E-state index in [2.05, 4.69) is 123 Å². The van der Waals surface area contributed by atoms with Gasteiger partial charge >= 0.3 is 0 Å². The summed E-state index contributed by atoms with van der Waals surface area (Å²) in [6.45, 7) is 14.1. The second kappa shape index (κ2) is 11.5. The van der Waals surface area contributed by atoms with Crippen LogP contribution in [0.3, 0.4) is 0 Å². The van der Waals surface area contributed by atoms with E-state index in [4.69, 9.17) is 9.26 Å². The Morgan fingerprint density at radius 3 is 1.93 bits per heavy atom.